The molecule has 2 heterocycles. The highest BCUT2D eigenvalue weighted by Gasteiger charge is 2.05. The molecule has 2 aromatic heterocycles. The Kier molecular flexibility index (Phi) is 2.12. The van der Waals surface area contributed by atoms with Crippen molar-refractivity contribution in [3.63, 3.8) is 0 Å². The molecule has 1 N–H and O–H groups in total. The largest absolute Gasteiger partial charge is 0.278 e. The first-order valence-corrected chi connectivity index (χ1v) is 6.19. The summed E-state index contributed by atoms with van der Waals surface area (Å²) in [6, 6.07) is 16.6. The number of rotatable bonds is 1. The maximum absolute atomic E-state index is 4.40. The Hall–Kier alpha value is -2.68. The zero-order valence-corrected chi connectivity index (χ0v) is 10.2. The molecule has 0 aliphatic heterocycles. The van der Waals surface area contributed by atoms with Crippen LogP contribution in [-0.4, -0.2) is 15.2 Å². The first-order chi connectivity index (χ1) is 9.42. The molecular formula is C16H11N3. The van der Waals surface area contributed by atoms with E-state index < -0.39 is 0 Å². The first kappa shape index (κ1) is 10.3. The maximum Gasteiger partial charge on any atom is 0.0708 e. The van der Waals surface area contributed by atoms with Gasteiger partial charge in [-0.3, -0.25) is 10.1 Å². The smallest absolute Gasteiger partial charge is 0.0708 e. The van der Waals surface area contributed by atoms with Crippen LogP contribution in [0, 0.1) is 0 Å². The lowest BCUT2D eigenvalue weighted by Crippen LogP contribution is -1.83. The Morgan fingerprint density at radius 3 is 2.95 bits per heavy atom. The minimum absolute atomic E-state index is 1.02. The number of hydrogen-bond acceptors (Lipinski definition) is 2. The van der Waals surface area contributed by atoms with Gasteiger partial charge in [-0.1, -0.05) is 24.3 Å². The zero-order chi connectivity index (χ0) is 12.7. The Labute approximate surface area is 109 Å². The van der Waals surface area contributed by atoms with E-state index in [0.717, 1.165) is 16.4 Å². The van der Waals surface area contributed by atoms with Gasteiger partial charge in [0, 0.05) is 17.0 Å². The van der Waals surface area contributed by atoms with Gasteiger partial charge < -0.3 is 0 Å². The molecule has 0 saturated heterocycles. The molecule has 4 aromatic rings. The van der Waals surface area contributed by atoms with Crippen molar-refractivity contribution in [1.29, 1.82) is 0 Å². The predicted octanol–water partition coefficient (Wildman–Crippen LogP) is 3.78. The van der Waals surface area contributed by atoms with Crippen LogP contribution in [-0.2, 0) is 0 Å². The standard InChI is InChI=1S/C16H11N3/c1-3-13(14-4-2-8-17-16(14)5-1)11-6-7-15-12(9-11)10-18-19-15/h1-10H,(H,18,19). The Morgan fingerprint density at radius 1 is 0.947 bits per heavy atom. The molecule has 0 saturated carbocycles. The van der Waals surface area contributed by atoms with Crippen LogP contribution in [0.5, 0.6) is 0 Å². The molecule has 0 amide bonds. The van der Waals surface area contributed by atoms with Crippen molar-refractivity contribution < 1.29 is 0 Å². The first-order valence-electron chi connectivity index (χ1n) is 6.19. The monoisotopic (exact) mass is 245 g/mol. The number of nitrogens with one attached hydrogen (secondary N) is 1. The fraction of sp³-hybridized carbons (Fsp3) is 0. The molecule has 0 fully saturated rings. The van der Waals surface area contributed by atoms with E-state index in [-0.39, 0.29) is 0 Å². The maximum atomic E-state index is 4.40. The van der Waals surface area contributed by atoms with E-state index in [2.05, 4.69) is 45.5 Å². The van der Waals surface area contributed by atoms with Gasteiger partial charge in [0.1, 0.15) is 0 Å². The number of aromatic amines is 1. The van der Waals surface area contributed by atoms with Gasteiger partial charge in [-0.15, -0.1) is 0 Å². The summed E-state index contributed by atoms with van der Waals surface area (Å²) in [6.07, 6.45) is 3.67. The Balaban J connectivity index is 2.03. The molecule has 0 unspecified atom stereocenters. The fourth-order valence-corrected chi connectivity index (χ4v) is 2.47. The van der Waals surface area contributed by atoms with Crippen LogP contribution in [0.1, 0.15) is 0 Å². The van der Waals surface area contributed by atoms with Gasteiger partial charge in [0.25, 0.3) is 0 Å². The summed E-state index contributed by atoms with van der Waals surface area (Å²) in [7, 11) is 0. The molecule has 0 atom stereocenters. The fourth-order valence-electron chi connectivity index (χ4n) is 2.47. The van der Waals surface area contributed by atoms with Crippen molar-refractivity contribution in [2.24, 2.45) is 0 Å². The van der Waals surface area contributed by atoms with Gasteiger partial charge in [0.05, 0.1) is 17.2 Å². The molecule has 4 rings (SSSR count). The van der Waals surface area contributed by atoms with Gasteiger partial charge in [-0.25, -0.2) is 0 Å². The second kappa shape index (κ2) is 3.92. The number of H-pyrrole nitrogens is 1. The van der Waals surface area contributed by atoms with E-state index in [1.165, 1.54) is 16.5 Å². The summed E-state index contributed by atoms with van der Waals surface area (Å²) in [4.78, 5) is 4.40. The quantitative estimate of drug-likeness (QED) is 0.554. The number of fused-ring (bicyclic) bond motifs is 2. The lowest BCUT2D eigenvalue weighted by atomic mass is 10.00. The highest BCUT2D eigenvalue weighted by atomic mass is 15.1. The van der Waals surface area contributed by atoms with Crippen molar-refractivity contribution in [1.82, 2.24) is 15.2 Å². The van der Waals surface area contributed by atoms with E-state index in [4.69, 9.17) is 0 Å². The molecular weight excluding hydrogens is 234 g/mol. The topological polar surface area (TPSA) is 41.6 Å². The van der Waals surface area contributed by atoms with Crippen molar-refractivity contribution in [3.05, 3.63) is 60.9 Å². The average Bonchev–Trinajstić information content (AvgIpc) is 2.94. The third-order valence-corrected chi connectivity index (χ3v) is 3.40. The molecule has 90 valence electrons. The molecule has 0 spiro atoms. The van der Waals surface area contributed by atoms with Crippen LogP contribution in [0.4, 0.5) is 0 Å². The van der Waals surface area contributed by atoms with Crippen molar-refractivity contribution >= 4 is 21.8 Å². The van der Waals surface area contributed by atoms with Crippen molar-refractivity contribution in [3.8, 4) is 11.1 Å². The molecule has 0 aliphatic rings. The van der Waals surface area contributed by atoms with Gasteiger partial charge in [0.2, 0.25) is 0 Å². The number of benzene rings is 2. The third-order valence-electron chi connectivity index (χ3n) is 3.40. The van der Waals surface area contributed by atoms with Crippen LogP contribution >= 0.6 is 0 Å². The summed E-state index contributed by atoms with van der Waals surface area (Å²) >= 11 is 0. The molecule has 3 heteroatoms. The van der Waals surface area contributed by atoms with Crippen LogP contribution in [0.3, 0.4) is 0 Å². The minimum atomic E-state index is 1.02. The summed E-state index contributed by atoms with van der Waals surface area (Å²) in [5, 5.41) is 9.33. The molecule has 19 heavy (non-hydrogen) atoms. The van der Waals surface area contributed by atoms with E-state index in [9.17, 15) is 0 Å². The second-order valence-electron chi connectivity index (χ2n) is 4.55. The Bertz CT molecular complexity index is 872. The third kappa shape index (κ3) is 1.59. The normalized spacial score (nSPS) is 11.2. The SMILES string of the molecule is c1cc(-c2ccc3[nH]ncc3c2)c2cccnc2c1. The lowest BCUT2D eigenvalue weighted by Gasteiger charge is -2.06. The van der Waals surface area contributed by atoms with E-state index in [0.29, 0.717) is 0 Å². The lowest BCUT2D eigenvalue weighted by molar-refractivity contribution is 1.12. The molecule has 3 nitrogen and oxygen atoms in total. The summed E-state index contributed by atoms with van der Waals surface area (Å²) < 4.78 is 0. The average molecular weight is 245 g/mol. The summed E-state index contributed by atoms with van der Waals surface area (Å²) in [6.45, 7) is 0. The minimum Gasteiger partial charge on any atom is -0.278 e. The molecule has 0 radical (unpaired) electrons. The molecule has 0 aliphatic carbocycles. The van der Waals surface area contributed by atoms with E-state index >= 15 is 0 Å². The van der Waals surface area contributed by atoms with Crippen LogP contribution < -0.4 is 0 Å². The number of pyridine rings is 1. The number of hydrogen-bond donors (Lipinski definition) is 1. The van der Waals surface area contributed by atoms with Gasteiger partial charge in [-0.2, -0.15) is 5.10 Å². The van der Waals surface area contributed by atoms with Crippen molar-refractivity contribution in [2.75, 3.05) is 0 Å². The Morgan fingerprint density at radius 2 is 1.95 bits per heavy atom. The number of aromatic nitrogens is 3. The molecule has 0 bridgehead atoms. The van der Waals surface area contributed by atoms with Crippen LogP contribution in [0.15, 0.2) is 60.9 Å². The second-order valence-corrected chi connectivity index (χ2v) is 4.55. The van der Waals surface area contributed by atoms with E-state index in [1.807, 2.05) is 30.6 Å². The van der Waals surface area contributed by atoms with Gasteiger partial charge in [-0.05, 0) is 35.4 Å². The van der Waals surface area contributed by atoms with E-state index in [1.54, 1.807) is 0 Å². The van der Waals surface area contributed by atoms with Gasteiger partial charge in [0.15, 0.2) is 0 Å². The van der Waals surface area contributed by atoms with Crippen LogP contribution in [0.2, 0.25) is 0 Å². The summed E-state index contributed by atoms with van der Waals surface area (Å²) in [5.74, 6) is 0. The van der Waals surface area contributed by atoms with Crippen LogP contribution in [0.25, 0.3) is 32.9 Å². The highest BCUT2D eigenvalue weighted by molar-refractivity contribution is 5.96. The number of nitrogens with zero attached hydrogens (tertiary/aromatic N) is 2. The highest BCUT2D eigenvalue weighted by Crippen LogP contribution is 2.29. The zero-order valence-electron chi connectivity index (χ0n) is 10.2. The summed E-state index contributed by atoms with van der Waals surface area (Å²) in [5.41, 5.74) is 4.47. The molecule has 2 aromatic carbocycles. The van der Waals surface area contributed by atoms with Gasteiger partial charge >= 0.3 is 0 Å². The van der Waals surface area contributed by atoms with Crippen molar-refractivity contribution in [2.45, 2.75) is 0 Å². The predicted molar refractivity (Wildman–Crippen MR) is 76.8 cm³/mol.